The van der Waals surface area contributed by atoms with Crippen molar-refractivity contribution in [3.8, 4) is 17.6 Å². The number of nitrogens with two attached hydrogens (primary N) is 1. The number of ether oxygens (including phenoxy) is 1. The minimum Gasteiger partial charge on any atom is -0.456 e. The van der Waals surface area contributed by atoms with Crippen molar-refractivity contribution in [2.24, 2.45) is 12.8 Å². The number of aromatic nitrogens is 2. The maximum absolute atomic E-state index is 9.51. The minimum absolute atomic E-state index is 0.456. The first kappa shape index (κ1) is 17.8. The highest BCUT2D eigenvalue weighted by Crippen LogP contribution is 2.33. The summed E-state index contributed by atoms with van der Waals surface area (Å²) in [6.07, 6.45) is 3.47. The Morgan fingerprint density at radius 2 is 1.86 bits per heavy atom. The van der Waals surface area contributed by atoms with Crippen molar-refractivity contribution >= 4 is 10.8 Å². The lowest BCUT2D eigenvalue weighted by molar-refractivity contribution is 0.476. The van der Waals surface area contributed by atoms with Crippen LogP contribution in [0.2, 0.25) is 0 Å². The molecule has 28 heavy (non-hydrogen) atoms. The van der Waals surface area contributed by atoms with E-state index in [1.54, 1.807) is 18.6 Å². The molecule has 0 saturated carbocycles. The zero-order valence-corrected chi connectivity index (χ0v) is 15.8. The quantitative estimate of drug-likeness (QED) is 0.577. The third kappa shape index (κ3) is 3.11. The number of nitriles is 1. The molecule has 0 fully saturated rings. The Morgan fingerprint density at radius 3 is 2.57 bits per heavy atom. The van der Waals surface area contributed by atoms with Crippen molar-refractivity contribution in [1.82, 2.24) is 9.55 Å². The normalized spacial score (nSPS) is 13.1. The Labute approximate surface area is 163 Å². The summed E-state index contributed by atoms with van der Waals surface area (Å²) < 4.78 is 7.98. The Bertz CT molecular complexity index is 1200. The number of hydrogen-bond acceptors (Lipinski definition) is 4. The summed E-state index contributed by atoms with van der Waals surface area (Å²) in [5.41, 5.74) is 8.02. The van der Waals surface area contributed by atoms with Gasteiger partial charge in [-0.2, -0.15) is 5.26 Å². The van der Waals surface area contributed by atoms with Crippen molar-refractivity contribution in [3.63, 3.8) is 0 Å². The van der Waals surface area contributed by atoms with Crippen LogP contribution in [0.25, 0.3) is 10.8 Å². The molecular formula is C23H20N4O. The van der Waals surface area contributed by atoms with Crippen LogP contribution in [0.4, 0.5) is 0 Å². The number of hydrogen-bond donors (Lipinski definition) is 1. The lowest BCUT2D eigenvalue weighted by Gasteiger charge is -2.26. The van der Waals surface area contributed by atoms with Gasteiger partial charge in [-0.05, 0) is 47.5 Å². The summed E-state index contributed by atoms with van der Waals surface area (Å²) in [5, 5.41) is 11.7. The number of nitrogens with zero attached hydrogens (tertiary/aromatic N) is 3. The highest BCUT2D eigenvalue weighted by molar-refractivity contribution is 5.83. The standard InChI is InChI=1S/C23H20N4O/c1-23(25,22-14-26-15-27(22)2)19-9-7-18(13-24)21(12-19)28-20-10-8-16-5-3-4-6-17(16)11-20/h3-12,14-15H,25H2,1-2H3. The highest BCUT2D eigenvalue weighted by Gasteiger charge is 2.28. The van der Waals surface area contributed by atoms with Crippen LogP contribution in [0.15, 0.2) is 73.2 Å². The van der Waals surface area contributed by atoms with E-state index in [1.807, 2.05) is 73.1 Å². The first-order valence-corrected chi connectivity index (χ1v) is 8.96. The van der Waals surface area contributed by atoms with Crippen LogP contribution in [0.5, 0.6) is 11.5 Å². The molecule has 4 rings (SSSR count). The zero-order chi connectivity index (χ0) is 19.7. The fourth-order valence-corrected chi connectivity index (χ4v) is 3.39. The van der Waals surface area contributed by atoms with Gasteiger partial charge in [-0.1, -0.05) is 36.4 Å². The molecule has 0 aliphatic heterocycles. The first-order valence-electron chi connectivity index (χ1n) is 8.96. The molecule has 1 aromatic heterocycles. The summed E-state index contributed by atoms with van der Waals surface area (Å²) >= 11 is 0. The Balaban J connectivity index is 1.75. The summed E-state index contributed by atoms with van der Waals surface area (Å²) in [6.45, 7) is 1.92. The third-order valence-electron chi connectivity index (χ3n) is 5.00. The summed E-state index contributed by atoms with van der Waals surface area (Å²) in [6, 6.07) is 21.6. The number of fused-ring (bicyclic) bond motifs is 1. The Morgan fingerprint density at radius 1 is 1.07 bits per heavy atom. The van der Waals surface area contributed by atoms with Crippen molar-refractivity contribution in [2.75, 3.05) is 0 Å². The van der Waals surface area contributed by atoms with Gasteiger partial charge < -0.3 is 15.0 Å². The van der Waals surface area contributed by atoms with Crippen LogP contribution in [0.3, 0.4) is 0 Å². The van der Waals surface area contributed by atoms with Crippen molar-refractivity contribution in [2.45, 2.75) is 12.5 Å². The lowest BCUT2D eigenvalue weighted by Crippen LogP contribution is -2.36. The van der Waals surface area contributed by atoms with Crippen molar-refractivity contribution in [1.29, 1.82) is 5.26 Å². The molecule has 1 atom stereocenters. The zero-order valence-electron chi connectivity index (χ0n) is 15.8. The van der Waals surface area contributed by atoms with Gasteiger partial charge >= 0.3 is 0 Å². The molecule has 0 saturated heterocycles. The van der Waals surface area contributed by atoms with E-state index in [4.69, 9.17) is 10.5 Å². The van der Waals surface area contributed by atoms with Crippen LogP contribution in [0.1, 0.15) is 23.7 Å². The summed E-state index contributed by atoms with van der Waals surface area (Å²) in [5.74, 6) is 1.15. The van der Waals surface area contributed by atoms with Gasteiger partial charge in [0.25, 0.3) is 0 Å². The van der Waals surface area contributed by atoms with E-state index in [9.17, 15) is 5.26 Å². The van der Waals surface area contributed by atoms with Gasteiger partial charge in [0.15, 0.2) is 0 Å². The van der Waals surface area contributed by atoms with Crippen molar-refractivity contribution in [3.05, 3.63) is 90.0 Å². The number of rotatable bonds is 4. The van der Waals surface area contributed by atoms with Crippen LogP contribution in [-0.4, -0.2) is 9.55 Å². The van der Waals surface area contributed by atoms with Crippen LogP contribution < -0.4 is 10.5 Å². The van der Waals surface area contributed by atoms with Gasteiger partial charge in [-0.3, -0.25) is 0 Å². The summed E-state index contributed by atoms with van der Waals surface area (Å²) in [4.78, 5) is 4.17. The second-order valence-electron chi connectivity index (χ2n) is 7.03. The second kappa shape index (κ2) is 6.84. The lowest BCUT2D eigenvalue weighted by atomic mass is 9.89. The predicted octanol–water partition coefficient (Wildman–Crippen LogP) is 4.46. The minimum atomic E-state index is -0.777. The SMILES string of the molecule is Cn1cncc1C(C)(N)c1ccc(C#N)c(Oc2ccc3ccccc3c2)c1. The molecule has 1 heterocycles. The largest absolute Gasteiger partial charge is 0.456 e. The molecule has 0 radical (unpaired) electrons. The highest BCUT2D eigenvalue weighted by atomic mass is 16.5. The molecule has 1 unspecified atom stereocenters. The molecule has 0 spiro atoms. The maximum atomic E-state index is 9.51. The summed E-state index contributed by atoms with van der Waals surface area (Å²) in [7, 11) is 1.91. The molecule has 5 heteroatoms. The fraction of sp³-hybridized carbons (Fsp3) is 0.130. The molecule has 0 amide bonds. The molecule has 4 aromatic rings. The van der Waals surface area contributed by atoms with Gasteiger partial charge in [0.2, 0.25) is 0 Å². The first-order chi connectivity index (χ1) is 13.5. The molecule has 3 aromatic carbocycles. The van der Waals surface area contributed by atoms with Gasteiger partial charge in [0, 0.05) is 7.05 Å². The molecule has 0 aliphatic rings. The predicted molar refractivity (Wildman–Crippen MR) is 109 cm³/mol. The van der Waals surface area contributed by atoms with E-state index in [0.717, 1.165) is 22.0 Å². The Hall–Kier alpha value is -3.62. The number of aryl methyl sites for hydroxylation is 1. The van der Waals surface area contributed by atoms with Gasteiger partial charge in [-0.15, -0.1) is 0 Å². The number of benzene rings is 3. The monoisotopic (exact) mass is 368 g/mol. The average Bonchev–Trinajstić information content (AvgIpc) is 3.14. The van der Waals surface area contributed by atoms with E-state index in [2.05, 4.69) is 11.1 Å². The molecule has 0 aliphatic carbocycles. The van der Waals surface area contributed by atoms with Gasteiger partial charge in [-0.25, -0.2) is 4.98 Å². The average molecular weight is 368 g/mol. The topological polar surface area (TPSA) is 76.9 Å². The van der Waals surface area contributed by atoms with Crippen LogP contribution in [-0.2, 0) is 12.6 Å². The van der Waals surface area contributed by atoms with Crippen LogP contribution >= 0.6 is 0 Å². The molecule has 2 N–H and O–H groups in total. The van der Waals surface area contributed by atoms with E-state index < -0.39 is 5.54 Å². The third-order valence-corrected chi connectivity index (χ3v) is 5.00. The van der Waals surface area contributed by atoms with Crippen molar-refractivity contribution < 1.29 is 4.74 Å². The molecule has 5 nitrogen and oxygen atoms in total. The van der Waals surface area contributed by atoms with Gasteiger partial charge in [0.1, 0.15) is 17.6 Å². The molecule has 0 bridgehead atoms. The number of imidazole rings is 1. The second-order valence-corrected chi connectivity index (χ2v) is 7.03. The van der Waals surface area contributed by atoms with Gasteiger partial charge in [0.05, 0.1) is 29.3 Å². The molecular weight excluding hydrogens is 348 g/mol. The smallest absolute Gasteiger partial charge is 0.145 e. The maximum Gasteiger partial charge on any atom is 0.145 e. The van der Waals surface area contributed by atoms with E-state index in [-0.39, 0.29) is 0 Å². The fourth-order valence-electron chi connectivity index (χ4n) is 3.39. The van der Waals surface area contributed by atoms with Crippen LogP contribution in [0, 0.1) is 11.3 Å². The van der Waals surface area contributed by atoms with E-state index in [1.165, 1.54) is 0 Å². The Kier molecular flexibility index (Phi) is 4.34. The molecule has 138 valence electrons. The van der Waals surface area contributed by atoms with E-state index in [0.29, 0.717) is 17.1 Å². The van der Waals surface area contributed by atoms with E-state index >= 15 is 0 Å².